The molecule has 0 spiro atoms. The van der Waals surface area contributed by atoms with Crippen LogP contribution in [0.2, 0.25) is 0 Å². The summed E-state index contributed by atoms with van der Waals surface area (Å²) in [5.74, 6) is 11.4. The lowest BCUT2D eigenvalue weighted by atomic mass is 10.4. The Kier molecular flexibility index (Phi) is 5.29. The summed E-state index contributed by atoms with van der Waals surface area (Å²) in [6.07, 6.45) is 8.15. The Bertz CT molecular complexity index is 442. The molecule has 0 atom stereocenters. The van der Waals surface area contributed by atoms with Crippen molar-refractivity contribution in [1.29, 1.82) is 0 Å². The second-order valence-electron chi connectivity index (χ2n) is 2.47. The number of aliphatic hydroxyl groups excluding tert-OH is 1. The maximum Gasteiger partial charge on any atom is 0.127 e. The van der Waals surface area contributed by atoms with E-state index in [-0.39, 0.29) is 6.61 Å². The first-order valence-corrected chi connectivity index (χ1v) is 4.40. The van der Waals surface area contributed by atoms with Crippen molar-refractivity contribution in [3.8, 4) is 23.7 Å². The summed E-state index contributed by atoms with van der Waals surface area (Å²) >= 11 is 0. The summed E-state index contributed by atoms with van der Waals surface area (Å²) < 4.78 is 5.06. The summed E-state index contributed by atoms with van der Waals surface area (Å²) in [7, 11) is 0. The molecule has 2 heteroatoms. The SMILES string of the molecule is OC/C=C/C#CC#C/C=C/c1ccco1. The molecule has 0 bridgehead atoms. The molecule has 1 rings (SSSR count). The Hall–Kier alpha value is -2.16. The van der Waals surface area contributed by atoms with Gasteiger partial charge in [0.25, 0.3) is 0 Å². The minimum absolute atomic E-state index is 0.000501. The Labute approximate surface area is 88.9 Å². The van der Waals surface area contributed by atoms with Gasteiger partial charge in [-0.15, -0.1) is 0 Å². The topological polar surface area (TPSA) is 33.4 Å². The fourth-order valence-electron chi connectivity index (χ4n) is 0.777. The number of rotatable bonds is 2. The van der Waals surface area contributed by atoms with Crippen LogP contribution < -0.4 is 0 Å². The molecule has 1 aromatic rings. The van der Waals surface area contributed by atoms with Crippen molar-refractivity contribution in [1.82, 2.24) is 0 Å². The van der Waals surface area contributed by atoms with Gasteiger partial charge in [0.1, 0.15) is 5.76 Å². The van der Waals surface area contributed by atoms with Crippen LogP contribution in [0.3, 0.4) is 0 Å². The van der Waals surface area contributed by atoms with Gasteiger partial charge in [0.2, 0.25) is 0 Å². The van der Waals surface area contributed by atoms with Gasteiger partial charge < -0.3 is 9.52 Å². The molecule has 74 valence electrons. The third kappa shape index (κ3) is 5.21. The van der Waals surface area contributed by atoms with Crippen molar-refractivity contribution in [3.05, 3.63) is 42.4 Å². The summed E-state index contributed by atoms with van der Waals surface area (Å²) in [6.45, 7) is 0.000501. The molecule has 1 N–H and O–H groups in total. The molecule has 1 heterocycles. The molecule has 2 nitrogen and oxygen atoms in total. The highest BCUT2D eigenvalue weighted by Gasteiger charge is 1.83. The highest BCUT2D eigenvalue weighted by atomic mass is 16.3. The zero-order valence-electron chi connectivity index (χ0n) is 8.10. The molecular formula is C13H10O2. The van der Waals surface area contributed by atoms with Crippen molar-refractivity contribution in [2.24, 2.45) is 0 Å². The van der Waals surface area contributed by atoms with Crippen LogP contribution in [0.1, 0.15) is 5.76 Å². The molecule has 0 aliphatic carbocycles. The van der Waals surface area contributed by atoms with E-state index in [1.807, 2.05) is 12.1 Å². The van der Waals surface area contributed by atoms with Gasteiger partial charge in [-0.25, -0.2) is 0 Å². The summed E-state index contributed by atoms with van der Waals surface area (Å²) in [4.78, 5) is 0. The summed E-state index contributed by atoms with van der Waals surface area (Å²) in [5, 5.41) is 8.40. The van der Waals surface area contributed by atoms with Crippen LogP contribution in [0.4, 0.5) is 0 Å². The quantitative estimate of drug-likeness (QED) is 0.736. The highest BCUT2D eigenvalue weighted by molar-refractivity contribution is 5.48. The third-order valence-electron chi connectivity index (χ3n) is 1.39. The number of hydrogen-bond acceptors (Lipinski definition) is 2. The zero-order valence-corrected chi connectivity index (χ0v) is 8.10. The molecule has 0 aliphatic rings. The van der Waals surface area contributed by atoms with Crippen LogP contribution >= 0.6 is 0 Å². The second-order valence-corrected chi connectivity index (χ2v) is 2.47. The first-order chi connectivity index (χ1) is 7.43. The third-order valence-corrected chi connectivity index (χ3v) is 1.39. The van der Waals surface area contributed by atoms with E-state index < -0.39 is 0 Å². The van der Waals surface area contributed by atoms with E-state index in [9.17, 15) is 0 Å². The molecule has 0 aromatic carbocycles. The average Bonchev–Trinajstić information content (AvgIpc) is 2.75. The van der Waals surface area contributed by atoms with Gasteiger partial charge in [0.15, 0.2) is 0 Å². The zero-order chi connectivity index (χ0) is 10.8. The molecule has 0 saturated carbocycles. The Balaban J connectivity index is 2.39. The van der Waals surface area contributed by atoms with E-state index in [4.69, 9.17) is 9.52 Å². The first-order valence-electron chi connectivity index (χ1n) is 4.40. The van der Waals surface area contributed by atoms with E-state index in [1.54, 1.807) is 30.6 Å². The predicted molar refractivity (Wildman–Crippen MR) is 59.5 cm³/mol. The maximum atomic E-state index is 8.40. The monoisotopic (exact) mass is 198 g/mol. The van der Waals surface area contributed by atoms with Crippen molar-refractivity contribution in [2.75, 3.05) is 6.61 Å². The van der Waals surface area contributed by atoms with E-state index in [0.29, 0.717) is 0 Å². The van der Waals surface area contributed by atoms with Crippen LogP contribution in [0.5, 0.6) is 0 Å². The van der Waals surface area contributed by atoms with E-state index in [2.05, 4.69) is 23.7 Å². The van der Waals surface area contributed by atoms with Crippen LogP contribution in [0.25, 0.3) is 6.08 Å². The molecule has 1 aromatic heterocycles. The van der Waals surface area contributed by atoms with Gasteiger partial charge in [0, 0.05) is 0 Å². The molecule has 0 unspecified atom stereocenters. The molecule has 15 heavy (non-hydrogen) atoms. The van der Waals surface area contributed by atoms with E-state index in [1.165, 1.54) is 0 Å². The molecule has 0 radical (unpaired) electrons. The van der Waals surface area contributed by atoms with Gasteiger partial charge in [-0.05, 0) is 42.2 Å². The number of furan rings is 1. The lowest BCUT2D eigenvalue weighted by Crippen LogP contribution is -1.67. The van der Waals surface area contributed by atoms with Gasteiger partial charge in [-0.1, -0.05) is 17.9 Å². The molecule has 0 saturated heterocycles. The minimum atomic E-state index is 0.000501. The maximum absolute atomic E-state index is 8.40. The van der Waals surface area contributed by atoms with Gasteiger partial charge >= 0.3 is 0 Å². The second kappa shape index (κ2) is 7.26. The summed E-state index contributed by atoms with van der Waals surface area (Å²) in [6, 6.07) is 3.65. The van der Waals surface area contributed by atoms with E-state index >= 15 is 0 Å². The molecular weight excluding hydrogens is 188 g/mol. The minimum Gasteiger partial charge on any atom is -0.465 e. The van der Waals surface area contributed by atoms with Crippen LogP contribution in [0, 0.1) is 23.7 Å². The Morgan fingerprint density at radius 1 is 1.27 bits per heavy atom. The predicted octanol–water partition coefficient (Wildman–Crippen LogP) is 1.85. The lowest BCUT2D eigenvalue weighted by molar-refractivity contribution is 0.343. The van der Waals surface area contributed by atoms with Crippen molar-refractivity contribution >= 4 is 6.08 Å². The first kappa shape index (κ1) is 10.9. The molecule has 0 fully saturated rings. The normalized spacial score (nSPS) is 9.67. The number of allylic oxidation sites excluding steroid dienone is 2. The smallest absolute Gasteiger partial charge is 0.127 e. The van der Waals surface area contributed by atoms with Crippen LogP contribution in [-0.4, -0.2) is 11.7 Å². The summed E-state index contributed by atoms with van der Waals surface area (Å²) in [5.41, 5.74) is 0. The largest absolute Gasteiger partial charge is 0.465 e. The van der Waals surface area contributed by atoms with Crippen molar-refractivity contribution < 1.29 is 9.52 Å². The molecule has 0 aliphatic heterocycles. The van der Waals surface area contributed by atoms with Crippen LogP contribution in [-0.2, 0) is 0 Å². The van der Waals surface area contributed by atoms with Gasteiger partial charge in [-0.3, -0.25) is 0 Å². The van der Waals surface area contributed by atoms with Crippen molar-refractivity contribution in [2.45, 2.75) is 0 Å². The lowest BCUT2D eigenvalue weighted by Gasteiger charge is -1.76. The fraction of sp³-hybridized carbons (Fsp3) is 0.0769. The standard InChI is InChI=1S/C13H10O2/c14-11-7-5-3-1-2-4-6-9-13-10-8-12-15-13/h5-10,12,14H,11H2/b7-5+,9-6+. The number of aliphatic hydroxyl groups is 1. The Morgan fingerprint density at radius 2 is 2.07 bits per heavy atom. The van der Waals surface area contributed by atoms with Crippen molar-refractivity contribution in [3.63, 3.8) is 0 Å². The van der Waals surface area contributed by atoms with Gasteiger partial charge in [0.05, 0.1) is 12.9 Å². The van der Waals surface area contributed by atoms with Crippen LogP contribution in [0.15, 0.2) is 41.0 Å². The van der Waals surface area contributed by atoms with E-state index in [0.717, 1.165) is 5.76 Å². The van der Waals surface area contributed by atoms with Gasteiger partial charge in [-0.2, -0.15) is 0 Å². The number of hydrogen-bond donors (Lipinski definition) is 1. The fourth-order valence-corrected chi connectivity index (χ4v) is 0.777. The average molecular weight is 198 g/mol. The Morgan fingerprint density at radius 3 is 2.73 bits per heavy atom. The molecule has 0 amide bonds. The highest BCUT2D eigenvalue weighted by Crippen LogP contribution is 2.00.